The molecule has 2 aromatic heterocycles. The number of amidine groups is 1. The van der Waals surface area contributed by atoms with Gasteiger partial charge in [0, 0.05) is 50.3 Å². The molecule has 10 heteroatoms. The van der Waals surface area contributed by atoms with Gasteiger partial charge in [-0.15, -0.1) is 0 Å². The first-order chi connectivity index (χ1) is 18.3. The fraction of sp³-hybridized carbons (Fsp3) is 0.214. The first kappa shape index (κ1) is 25.2. The summed E-state index contributed by atoms with van der Waals surface area (Å²) in [5.74, 6) is 0.507. The van der Waals surface area contributed by atoms with Crippen LogP contribution < -0.4 is 4.90 Å². The summed E-state index contributed by atoms with van der Waals surface area (Å²) in [5.41, 5.74) is 2.03. The maximum Gasteiger partial charge on any atom is 0.225 e. The van der Waals surface area contributed by atoms with E-state index in [1.165, 1.54) is 24.3 Å². The first-order valence-electron chi connectivity index (χ1n) is 12.2. The van der Waals surface area contributed by atoms with Crippen molar-refractivity contribution in [1.29, 1.82) is 5.41 Å². The zero-order valence-corrected chi connectivity index (χ0v) is 20.8. The molecule has 0 amide bonds. The lowest BCUT2D eigenvalue weighted by atomic mass is 9.90. The number of nitrogens with zero attached hydrogens (tertiary/aromatic N) is 5. The summed E-state index contributed by atoms with van der Waals surface area (Å²) in [7, 11) is 0. The third-order valence-electron chi connectivity index (χ3n) is 6.74. The number of hydrogen-bond acceptors (Lipinski definition) is 5. The van der Waals surface area contributed by atoms with Crippen LogP contribution in [0.25, 0.3) is 11.1 Å². The summed E-state index contributed by atoms with van der Waals surface area (Å²) in [6.07, 6.45) is 6.00. The van der Waals surface area contributed by atoms with Gasteiger partial charge in [0.05, 0.1) is 5.69 Å². The third-order valence-corrected chi connectivity index (χ3v) is 6.74. The predicted octanol–water partition coefficient (Wildman–Crippen LogP) is 4.18. The number of nitrogens with one attached hydrogen (secondary N) is 2. The number of piperazine rings is 1. The maximum absolute atomic E-state index is 13.7. The van der Waals surface area contributed by atoms with Crippen LogP contribution in [0, 0.1) is 17.0 Å². The lowest BCUT2D eigenvalue weighted by Crippen LogP contribution is -2.49. The Hall–Kier alpha value is -4.44. The summed E-state index contributed by atoms with van der Waals surface area (Å²) >= 11 is 0. The molecular weight excluding hydrogens is 488 g/mol. The fourth-order valence-electron chi connectivity index (χ4n) is 4.54. The van der Waals surface area contributed by atoms with Crippen molar-refractivity contribution in [2.24, 2.45) is 4.99 Å². The van der Waals surface area contributed by atoms with E-state index in [1.54, 1.807) is 43.7 Å². The monoisotopic (exact) mass is 515 g/mol. The number of aromatic amines is 1. The minimum atomic E-state index is -1.36. The summed E-state index contributed by atoms with van der Waals surface area (Å²) in [6, 6.07) is 14.0. The number of rotatable bonds is 6. The SMILES string of the molecule is C[C@](O)(c1ccc(F)cc1)c1cnc(N2CCN(C(=NC=N)c3cc(-c4cccc(F)c4)c[nH]3)CC2)nc1. The number of H-pyrrole nitrogens is 1. The number of hydrogen-bond donors (Lipinski definition) is 3. The molecule has 1 aliphatic heterocycles. The summed E-state index contributed by atoms with van der Waals surface area (Å²) < 4.78 is 27.0. The van der Waals surface area contributed by atoms with E-state index in [4.69, 9.17) is 5.41 Å². The van der Waals surface area contributed by atoms with Gasteiger partial charge in [0.15, 0.2) is 5.84 Å². The topological polar surface area (TPSA) is 104 Å². The average Bonchev–Trinajstić information content (AvgIpc) is 3.42. The quantitative estimate of drug-likeness (QED) is 0.264. The fourth-order valence-corrected chi connectivity index (χ4v) is 4.54. The third kappa shape index (κ3) is 5.16. The van der Waals surface area contributed by atoms with Crippen LogP contribution in [-0.4, -0.2) is 63.3 Å². The van der Waals surface area contributed by atoms with Crippen LogP contribution >= 0.6 is 0 Å². The molecule has 194 valence electrons. The van der Waals surface area contributed by atoms with Crippen molar-refractivity contribution in [3.63, 3.8) is 0 Å². The molecule has 3 heterocycles. The van der Waals surface area contributed by atoms with Gasteiger partial charge in [-0.05, 0) is 53.9 Å². The molecule has 8 nitrogen and oxygen atoms in total. The van der Waals surface area contributed by atoms with E-state index < -0.39 is 5.60 Å². The Labute approximate surface area is 218 Å². The molecule has 0 saturated carbocycles. The molecule has 38 heavy (non-hydrogen) atoms. The molecule has 4 aromatic rings. The summed E-state index contributed by atoms with van der Waals surface area (Å²) in [6.45, 7) is 4.13. The highest BCUT2D eigenvalue weighted by molar-refractivity contribution is 6.01. The Morgan fingerprint density at radius 1 is 0.974 bits per heavy atom. The van der Waals surface area contributed by atoms with Crippen LogP contribution in [0.5, 0.6) is 0 Å². The minimum Gasteiger partial charge on any atom is -0.381 e. The Kier molecular flexibility index (Phi) is 6.97. The van der Waals surface area contributed by atoms with Gasteiger partial charge in [-0.3, -0.25) is 5.41 Å². The molecule has 0 spiro atoms. The van der Waals surface area contributed by atoms with Crippen LogP contribution in [0.4, 0.5) is 14.7 Å². The van der Waals surface area contributed by atoms with Gasteiger partial charge < -0.3 is 19.9 Å². The minimum absolute atomic E-state index is 0.302. The second-order valence-electron chi connectivity index (χ2n) is 9.22. The van der Waals surface area contributed by atoms with Gasteiger partial charge >= 0.3 is 0 Å². The Bertz CT molecular complexity index is 1440. The van der Waals surface area contributed by atoms with Crippen molar-refractivity contribution in [3.8, 4) is 11.1 Å². The highest BCUT2D eigenvalue weighted by atomic mass is 19.1. The predicted molar refractivity (Wildman–Crippen MR) is 142 cm³/mol. The largest absolute Gasteiger partial charge is 0.381 e. The molecule has 2 aromatic carbocycles. The lowest BCUT2D eigenvalue weighted by Gasteiger charge is -2.36. The molecule has 5 rings (SSSR count). The van der Waals surface area contributed by atoms with Crippen LogP contribution in [0.2, 0.25) is 0 Å². The van der Waals surface area contributed by atoms with Gasteiger partial charge in [0.25, 0.3) is 0 Å². The highest BCUT2D eigenvalue weighted by Gasteiger charge is 2.28. The van der Waals surface area contributed by atoms with E-state index in [1.807, 2.05) is 17.0 Å². The molecule has 0 unspecified atom stereocenters. The number of benzene rings is 2. The second kappa shape index (κ2) is 10.5. The molecule has 0 aliphatic carbocycles. The Morgan fingerprint density at radius 3 is 2.34 bits per heavy atom. The van der Waals surface area contributed by atoms with Crippen molar-refractivity contribution in [2.75, 3.05) is 31.1 Å². The zero-order chi connectivity index (χ0) is 26.7. The summed E-state index contributed by atoms with van der Waals surface area (Å²) in [5, 5.41) is 18.6. The van der Waals surface area contributed by atoms with Crippen LogP contribution in [0.15, 0.2) is 78.2 Å². The standard InChI is InChI=1S/C28H27F2N7O/c1-28(38,21-5-7-23(29)8-6-21)22-16-33-27(34-17-22)37-11-9-36(10-12-37)26(35-18-31)25-14-20(15-32-25)19-3-2-4-24(30)13-19/h2-8,13-18,31-32,38H,9-12H2,1H3/t28-/m0/s1. The van der Waals surface area contributed by atoms with Crippen molar-refractivity contribution in [3.05, 3.63) is 102 Å². The zero-order valence-electron chi connectivity index (χ0n) is 20.8. The Balaban J connectivity index is 1.26. The van der Waals surface area contributed by atoms with Gasteiger partial charge in [-0.1, -0.05) is 24.3 Å². The molecule has 0 radical (unpaired) electrons. The summed E-state index contributed by atoms with van der Waals surface area (Å²) in [4.78, 5) is 20.6. The molecule has 1 saturated heterocycles. The van der Waals surface area contributed by atoms with Crippen molar-refractivity contribution in [1.82, 2.24) is 19.9 Å². The smallest absolute Gasteiger partial charge is 0.225 e. The molecule has 1 aliphatic rings. The number of anilines is 1. The molecular formula is C28H27F2N7O. The van der Waals surface area contributed by atoms with Crippen LogP contribution in [-0.2, 0) is 5.60 Å². The normalized spacial score (nSPS) is 15.8. The second-order valence-corrected chi connectivity index (χ2v) is 9.22. The number of halogens is 2. The number of aromatic nitrogens is 3. The molecule has 1 atom stereocenters. The van der Waals surface area contributed by atoms with E-state index in [0.29, 0.717) is 49.1 Å². The van der Waals surface area contributed by atoms with Crippen molar-refractivity contribution < 1.29 is 13.9 Å². The van der Waals surface area contributed by atoms with Crippen molar-refractivity contribution >= 4 is 18.1 Å². The van der Waals surface area contributed by atoms with Crippen LogP contribution in [0.3, 0.4) is 0 Å². The maximum atomic E-state index is 13.7. The van der Waals surface area contributed by atoms with E-state index in [2.05, 4.69) is 24.8 Å². The van der Waals surface area contributed by atoms with Crippen LogP contribution in [0.1, 0.15) is 23.7 Å². The Morgan fingerprint density at radius 2 is 1.68 bits per heavy atom. The first-order valence-corrected chi connectivity index (χ1v) is 12.2. The van der Waals surface area contributed by atoms with Gasteiger partial charge in [0.2, 0.25) is 5.95 Å². The molecule has 0 bridgehead atoms. The van der Waals surface area contributed by atoms with E-state index in [0.717, 1.165) is 23.2 Å². The number of aliphatic imine (C=N–C) groups is 1. The van der Waals surface area contributed by atoms with E-state index in [-0.39, 0.29) is 11.6 Å². The average molecular weight is 516 g/mol. The van der Waals surface area contributed by atoms with Gasteiger partial charge in [-0.2, -0.15) is 0 Å². The van der Waals surface area contributed by atoms with E-state index in [9.17, 15) is 13.9 Å². The lowest BCUT2D eigenvalue weighted by molar-refractivity contribution is 0.101. The highest BCUT2D eigenvalue weighted by Crippen LogP contribution is 2.29. The van der Waals surface area contributed by atoms with Crippen molar-refractivity contribution in [2.45, 2.75) is 12.5 Å². The molecule has 1 fully saturated rings. The number of aliphatic hydroxyl groups is 1. The van der Waals surface area contributed by atoms with Gasteiger partial charge in [-0.25, -0.2) is 23.7 Å². The van der Waals surface area contributed by atoms with Gasteiger partial charge in [0.1, 0.15) is 23.6 Å². The molecule has 3 N–H and O–H groups in total. The van der Waals surface area contributed by atoms with E-state index >= 15 is 0 Å².